The van der Waals surface area contributed by atoms with Crippen LogP contribution in [0.2, 0.25) is 10.0 Å². The maximum Gasteiger partial charge on any atom is 0.244 e. The summed E-state index contributed by atoms with van der Waals surface area (Å²) >= 11 is 11.7. The van der Waals surface area contributed by atoms with Crippen molar-refractivity contribution in [2.75, 3.05) is 0 Å². The minimum Gasteiger partial charge on any atom is -0.368 e. The van der Waals surface area contributed by atoms with Gasteiger partial charge >= 0.3 is 0 Å². The van der Waals surface area contributed by atoms with Crippen molar-refractivity contribution in [3.05, 3.63) is 39.9 Å². The van der Waals surface area contributed by atoms with Gasteiger partial charge in [-0.2, -0.15) is 0 Å². The Balaban J connectivity index is 2.69. The first-order valence-corrected chi connectivity index (χ1v) is 5.88. The molecule has 1 rings (SSSR count). The number of rotatable bonds is 4. The second kappa shape index (κ2) is 6.42. The highest BCUT2D eigenvalue weighted by atomic mass is 35.5. The summed E-state index contributed by atoms with van der Waals surface area (Å²) in [5.74, 6) is -1.02. The Bertz CT molecular complexity index is 501. The predicted molar refractivity (Wildman–Crippen MR) is 72.3 cm³/mol. The molecule has 0 heterocycles. The lowest BCUT2D eigenvalue weighted by atomic mass is 10.2. The van der Waals surface area contributed by atoms with E-state index in [1.807, 2.05) is 0 Å². The van der Waals surface area contributed by atoms with Crippen LogP contribution in [0.5, 0.6) is 0 Å². The molecule has 1 aromatic carbocycles. The van der Waals surface area contributed by atoms with Crippen LogP contribution >= 0.6 is 23.2 Å². The van der Waals surface area contributed by atoms with Crippen molar-refractivity contribution in [2.24, 2.45) is 5.73 Å². The fourth-order valence-corrected chi connectivity index (χ4v) is 1.61. The Kier molecular flexibility index (Phi) is 5.19. The zero-order chi connectivity index (χ0) is 13.7. The molecule has 0 aliphatic heterocycles. The van der Waals surface area contributed by atoms with Gasteiger partial charge in [0.15, 0.2) is 0 Å². The number of carbonyl (C=O) groups excluding carboxylic acids is 2. The van der Waals surface area contributed by atoms with E-state index in [2.05, 4.69) is 5.32 Å². The summed E-state index contributed by atoms with van der Waals surface area (Å²) < 4.78 is 0. The molecule has 18 heavy (non-hydrogen) atoms. The first-order chi connectivity index (χ1) is 8.40. The third-order valence-corrected chi connectivity index (χ3v) is 2.72. The molecule has 96 valence electrons. The lowest BCUT2D eigenvalue weighted by Gasteiger charge is -2.07. The molecule has 0 aliphatic carbocycles. The molecule has 0 spiro atoms. The van der Waals surface area contributed by atoms with E-state index in [0.717, 1.165) is 0 Å². The van der Waals surface area contributed by atoms with Crippen molar-refractivity contribution in [2.45, 2.75) is 13.0 Å². The summed E-state index contributed by atoms with van der Waals surface area (Å²) in [4.78, 5) is 22.2. The lowest BCUT2D eigenvalue weighted by molar-refractivity contribution is -0.124. The maximum atomic E-state index is 11.4. The summed E-state index contributed by atoms with van der Waals surface area (Å²) in [5.41, 5.74) is 5.67. The van der Waals surface area contributed by atoms with Crippen LogP contribution in [0, 0.1) is 0 Å². The van der Waals surface area contributed by atoms with E-state index in [1.54, 1.807) is 18.2 Å². The molecule has 0 fully saturated rings. The molecule has 1 atom stereocenters. The monoisotopic (exact) mass is 286 g/mol. The zero-order valence-electron chi connectivity index (χ0n) is 9.61. The summed E-state index contributed by atoms with van der Waals surface area (Å²) in [7, 11) is 0. The molecule has 0 saturated carbocycles. The number of carbonyl (C=O) groups is 2. The predicted octanol–water partition coefficient (Wildman–Crippen LogP) is 2.00. The van der Waals surface area contributed by atoms with E-state index < -0.39 is 17.9 Å². The topological polar surface area (TPSA) is 72.2 Å². The normalized spacial score (nSPS) is 12.4. The van der Waals surface area contributed by atoms with E-state index in [1.165, 1.54) is 19.1 Å². The van der Waals surface area contributed by atoms with Gasteiger partial charge in [0.1, 0.15) is 6.04 Å². The van der Waals surface area contributed by atoms with Gasteiger partial charge in [0.25, 0.3) is 0 Å². The number of primary amides is 1. The van der Waals surface area contributed by atoms with Gasteiger partial charge in [0.05, 0.1) is 0 Å². The average Bonchev–Trinajstić information content (AvgIpc) is 2.27. The number of amides is 2. The van der Waals surface area contributed by atoms with Crippen molar-refractivity contribution in [3.63, 3.8) is 0 Å². The summed E-state index contributed by atoms with van der Waals surface area (Å²) in [6, 6.07) is 4.21. The zero-order valence-corrected chi connectivity index (χ0v) is 11.1. The van der Waals surface area contributed by atoms with Crippen molar-refractivity contribution in [1.29, 1.82) is 0 Å². The smallest absolute Gasteiger partial charge is 0.244 e. The first-order valence-electron chi connectivity index (χ1n) is 5.13. The molecule has 2 amide bonds. The lowest BCUT2D eigenvalue weighted by Crippen LogP contribution is -2.41. The van der Waals surface area contributed by atoms with Gasteiger partial charge in [-0.3, -0.25) is 9.59 Å². The Morgan fingerprint density at radius 2 is 2.06 bits per heavy atom. The summed E-state index contributed by atoms with van der Waals surface area (Å²) in [6.07, 6.45) is 2.80. The second-order valence-corrected chi connectivity index (χ2v) is 4.48. The molecule has 0 bridgehead atoms. The molecular weight excluding hydrogens is 275 g/mol. The van der Waals surface area contributed by atoms with Gasteiger partial charge in [-0.05, 0) is 30.7 Å². The Labute approximate surface area is 115 Å². The molecule has 3 N–H and O–H groups in total. The molecule has 0 aromatic heterocycles. The summed E-state index contributed by atoms with van der Waals surface area (Å²) in [6.45, 7) is 1.50. The van der Waals surface area contributed by atoms with Gasteiger partial charge in [-0.1, -0.05) is 29.3 Å². The van der Waals surface area contributed by atoms with E-state index in [0.29, 0.717) is 15.6 Å². The highest BCUT2D eigenvalue weighted by molar-refractivity contribution is 6.35. The van der Waals surface area contributed by atoms with Crippen LogP contribution < -0.4 is 11.1 Å². The number of hydrogen-bond donors (Lipinski definition) is 2. The van der Waals surface area contributed by atoms with E-state index in [4.69, 9.17) is 28.9 Å². The Hall–Kier alpha value is -1.52. The molecule has 4 nitrogen and oxygen atoms in total. The average molecular weight is 287 g/mol. The molecule has 1 aromatic rings. The molecule has 0 saturated heterocycles. The van der Waals surface area contributed by atoms with Crippen LogP contribution in [-0.2, 0) is 9.59 Å². The van der Waals surface area contributed by atoms with Crippen LogP contribution in [0.25, 0.3) is 6.08 Å². The summed E-state index contributed by atoms with van der Waals surface area (Å²) in [5, 5.41) is 3.37. The maximum absolute atomic E-state index is 11.4. The standard InChI is InChI=1S/C12H12Cl2N2O2/c1-7(12(15)18)16-11(17)5-3-8-2-4-9(13)6-10(8)14/h2-7H,1H3,(H2,15,18)(H,16,17)/b5-3-/t7-/m0/s1. The van der Waals surface area contributed by atoms with Crippen LogP contribution in [-0.4, -0.2) is 17.9 Å². The molecule has 0 unspecified atom stereocenters. The van der Waals surface area contributed by atoms with Gasteiger partial charge < -0.3 is 11.1 Å². The third-order valence-electron chi connectivity index (χ3n) is 2.16. The third kappa shape index (κ3) is 4.39. The van der Waals surface area contributed by atoms with Crippen molar-refractivity contribution < 1.29 is 9.59 Å². The van der Waals surface area contributed by atoms with Gasteiger partial charge in [-0.25, -0.2) is 0 Å². The quantitative estimate of drug-likeness (QED) is 0.831. The number of halogens is 2. The molecule has 0 radical (unpaired) electrons. The van der Waals surface area contributed by atoms with Crippen LogP contribution in [0.4, 0.5) is 0 Å². The van der Waals surface area contributed by atoms with Gasteiger partial charge in [0, 0.05) is 16.1 Å². The van der Waals surface area contributed by atoms with E-state index >= 15 is 0 Å². The van der Waals surface area contributed by atoms with Crippen LogP contribution in [0.1, 0.15) is 12.5 Å². The van der Waals surface area contributed by atoms with Gasteiger partial charge in [-0.15, -0.1) is 0 Å². The largest absolute Gasteiger partial charge is 0.368 e. The SMILES string of the molecule is C[C@H](NC(=O)/C=C\c1ccc(Cl)cc1Cl)C(N)=O. The van der Waals surface area contributed by atoms with Crippen molar-refractivity contribution >= 4 is 41.1 Å². The Morgan fingerprint density at radius 3 is 2.61 bits per heavy atom. The Morgan fingerprint density at radius 1 is 1.39 bits per heavy atom. The minimum absolute atomic E-state index is 0.424. The molecule has 0 aliphatic rings. The number of hydrogen-bond acceptors (Lipinski definition) is 2. The van der Waals surface area contributed by atoms with Gasteiger partial charge in [0.2, 0.25) is 11.8 Å². The number of nitrogens with two attached hydrogens (primary N) is 1. The van der Waals surface area contributed by atoms with Crippen LogP contribution in [0.15, 0.2) is 24.3 Å². The highest BCUT2D eigenvalue weighted by Gasteiger charge is 2.09. The fraction of sp³-hybridized carbons (Fsp3) is 0.167. The van der Waals surface area contributed by atoms with Crippen LogP contribution in [0.3, 0.4) is 0 Å². The first kappa shape index (κ1) is 14.5. The second-order valence-electron chi connectivity index (χ2n) is 3.63. The minimum atomic E-state index is -0.720. The van der Waals surface area contributed by atoms with Crippen molar-refractivity contribution in [1.82, 2.24) is 5.32 Å². The molecular formula is C12H12Cl2N2O2. The fourth-order valence-electron chi connectivity index (χ4n) is 1.13. The van der Waals surface area contributed by atoms with E-state index in [9.17, 15) is 9.59 Å². The number of benzene rings is 1. The highest BCUT2D eigenvalue weighted by Crippen LogP contribution is 2.21. The van der Waals surface area contributed by atoms with Crippen molar-refractivity contribution in [3.8, 4) is 0 Å². The number of nitrogens with one attached hydrogen (secondary N) is 1. The van der Waals surface area contributed by atoms with E-state index in [-0.39, 0.29) is 0 Å². The molecule has 6 heteroatoms.